The Morgan fingerprint density at radius 3 is 2.76 bits per heavy atom. The lowest BCUT2D eigenvalue weighted by Crippen LogP contribution is -2.57. The highest BCUT2D eigenvalue weighted by molar-refractivity contribution is 5.31. The molecule has 4 rings (SSSR count). The second-order valence-corrected chi connectivity index (χ2v) is 6.38. The van der Waals surface area contributed by atoms with E-state index >= 15 is 0 Å². The minimum Gasteiger partial charge on any atom is -0.491 e. The Balaban J connectivity index is 1.40. The number of hydrogen-bond acceptors (Lipinski definition) is 4. The number of ether oxygens (including phenoxy) is 1. The van der Waals surface area contributed by atoms with Crippen LogP contribution >= 0.6 is 0 Å². The maximum Gasteiger partial charge on any atom is 0.122 e. The number of aliphatic hydroxyl groups is 1. The Kier molecular flexibility index (Phi) is 4.78. The van der Waals surface area contributed by atoms with Gasteiger partial charge in [-0.1, -0.05) is 18.2 Å². The van der Waals surface area contributed by atoms with E-state index in [1.54, 1.807) is 0 Å². The van der Waals surface area contributed by atoms with Gasteiger partial charge in [-0.3, -0.25) is 0 Å². The third-order valence-electron chi connectivity index (χ3n) is 4.80. The molecule has 1 aromatic rings. The standard InChI is InChI=1S/C17H26N2O2/c1-13-4-2-3-5-17(13)21-12-15(20)10-18-16-11-19-8-6-14(16)7-9-19/h2-5,14-16,18,20H,6-12H2,1H3. The largest absolute Gasteiger partial charge is 0.491 e. The summed E-state index contributed by atoms with van der Waals surface area (Å²) in [6.45, 7) is 6.62. The molecule has 3 aliphatic heterocycles. The summed E-state index contributed by atoms with van der Waals surface area (Å²) >= 11 is 0. The number of piperidine rings is 3. The first-order valence-corrected chi connectivity index (χ1v) is 8.04. The van der Waals surface area contributed by atoms with Gasteiger partial charge in [0.2, 0.25) is 0 Å². The quantitative estimate of drug-likeness (QED) is 0.832. The van der Waals surface area contributed by atoms with Crippen molar-refractivity contribution in [1.29, 1.82) is 0 Å². The second kappa shape index (κ2) is 6.77. The molecular weight excluding hydrogens is 264 g/mol. The number of aryl methyl sites for hydroxylation is 1. The molecule has 3 saturated heterocycles. The van der Waals surface area contributed by atoms with Crippen molar-refractivity contribution in [2.75, 3.05) is 32.8 Å². The van der Waals surface area contributed by atoms with Gasteiger partial charge < -0.3 is 20.1 Å². The van der Waals surface area contributed by atoms with Crippen molar-refractivity contribution >= 4 is 0 Å². The lowest BCUT2D eigenvalue weighted by molar-refractivity contribution is 0.0550. The second-order valence-electron chi connectivity index (χ2n) is 6.38. The van der Waals surface area contributed by atoms with Crippen molar-refractivity contribution < 1.29 is 9.84 Å². The highest BCUT2D eigenvalue weighted by Crippen LogP contribution is 2.27. The molecule has 0 aromatic heterocycles. The maximum atomic E-state index is 10.1. The molecule has 2 atom stereocenters. The number of para-hydroxylation sites is 1. The van der Waals surface area contributed by atoms with Crippen LogP contribution in [0, 0.1) is 12.8 Å². The maximum absolute atomic E-state index is 10.1. The van der Waals surface area contributed by atoms with Crippen LogP contribution in [0.15, 0.2) is 24.3 Å². The first-order chi connectivity index (χ1) is 10.2. The predicted octanol–water partition coefficient (Wildman–Crippen LogP) is 1.42. The van der Waals surface area contributed by atoms with Gasteiger partial charge in [-0.2, -0.15) is 0 Å². The first-order valence-electron chi connectivity index (χ1n) is 8.04. The molecule has 21 heavy (non-hydrogen) atoms. The van der Waals surface area contributed by atoms with Crippen LogP contribution in [0.5, 0.6) is 5.75 Å². The number of rotatable bonds is 6. The lowest BCUT2D eigenvalue weighted by atomic mass is 9.84. The van der Waals surface area contributed by atoms with E-state index in [2.05, 4.69) is 10.2 Å². The molecule has 4 nitrogen and oxygen atoms in total. The fourth-order valence-electron chi connectivity index (χ4n) is 3.45. The Hall–Kier alpha value is -1.10. The number of aliphatic hydroxyl groups excluding tert-OH is 1. The van der Waals surface area contributed by atoms with Crippen LogP contribution in [0.25, 0.3) is 0 Å². The van der Waals surface area contributed by atoms with Gasteiger partial charge in [-0.15, -0.1) is 0 Å². The molecule has 0 radical (unpaired) electrons. The number of hydrogen-bond donors (Lipinski definition) is 2. The van der Waals surface area contributed by atoms with Crippen molar-refractivity contribution in [3.05, 3.63) is 29.8 Å². The molecule has 3 aliphatic rings. The molecule has 0 saturated carbocycles. The van der Waals surface area contributed by atoms with E-state index in [-0.39, 0.29) is 0 Å². The van der Waals surface area contributed by atoms with Gasteiger partial charge >= 0.3 is 0 Å². The first kappa shape index (κ1) is 14.8. The van der Waals surface area contributed by atoms with Crippen molar-refractivity contribution in [2.24, 2.45) is 5.92 Å². The molecule has 2 unspecified atom stereocenters. The van der Waals surface area contributed by atoms with Gasteiger partial charge in [0.05, 0.1) is 0 Å². The minimum absolute atomic E-state index is 0.346. The molecule has 2 N–H and O–H groups in total. The van der Waals surface area contributed by atoms with Gasteiger partial charge in [0.25, 0.3) is 0 Å². The minimum atomic E-state index is -0.458. The summed E-state index contributed by atoms with van der Waals surface area (Å²) in [7, 11) is 0. The van der Waals surface area contributed by atoms with Crippen molar-refractivity contribution in [2.45, 2.75) is 31.9 Å². The molecule has 116 valence electrons. The Bertz CT molecular complexity index is 458. The number of fused-ring (bicyclic) bond motifs is 3. The summed E-state index contributed by atoms with van der Waals surface area (Å²) in [5.74, 6) is 1.65. The molecule has 4 heteroatoms. The number of nitrogens with zero attached hydrogens (tertiary/aromatic N) is 1. The van der Waals surface area contributed by atoms with E-state index in [1.165, 1.54) is 25.9 Å². The van der Waals surface area contributed by atoms with Gasteiger partial charge in [0, 0.05) is 19.1 Å². The molecule has 3 heterocycles. The molecule has 0 aliphatic carbocycles. The average Bonchev–Trinajstić information content (AvgIpc) is 2.53. The Morgan fingerprint density at radius 1 is 1.33 bits per heavy atom. The summed E-state index contributed by atoms with van der Waals surface area (Å²) in [5.41, 5.74) is 1.11. The third kappa shape index (κ3) is 3.76. The molecule has 0 amide bonds. The van der Waals surface area contributed by atoms with Crippen LogP contribution in [0.3, 0.4) is 0 Å². The van der Waals surface area contributed by atoms with Crippen LogP contribution in [0.4, 0.5) is 0 Å². The van der Waals surface area contributed by atoms with Crippen LogP contribution in [0.2, 0.25) is 0 Å². The van der Waals surface area contributed by atoms with Crippen LogP contribution in [0.1, 0.15) is 18.4 Å². The van der Waals surface area contributed by atoms with Crippen LogP contribution < -0.4 is 10.1 Å². The van der Waals surface area contributed by atoms with E-state index in [1.807, 2.05) is 31.2 Å². The Morgan fingerprint density at radius 2 is 2.10 bits per heavy atom. The zero-order valence-corrected chi connectivity index (χ0v) is 12.8. The van der Waals surface area contributed by atoms with Gasteiger partial charge in [-0.05, 0) is 50.4 Å². The summed E-state index contributed by atoms with van der Waals surface area (Å²) in [6.07, 6.45) is 2.14. The summed E-state index contributed by atoms with van der Waals surface area (Å²) in [5, 5.41) is 13.6. The highest BCUT2D eigenvalue weighted by Gasteiger charge is 2.33. The number of nitrogens with one attached hydrogen (secondary N) is 1. The summed E-state index contributed by atoms with van der Waals surface area (Å²) in [6, 6.07) is 8.46. The normalized spacial score (nSPS) is 29.3. The third-order valence-corrected chi connectivity index (χ3v) is 4.80. The summed E-state index contributed by atoms with van der Waals surface area (Å²) in [4.78, 5) is 2.52. The zero-order chi connectivity index (χ0) is 14.7. The molecule has 3 fully saturated rings. The van der Waals surface area contributed by atoms with Crippen molar-refractivity contribution in [3.8, 4) is 5.75 Å². The van der Waals surface area contributed by atoms with E-state index in [4.69, 9.17) is 4.74 Å². The molecule has 0 spiro atoms. The topological polar surface area (TPSA) is 44.7 Å². The highest BCUT2D eigenvalue weighted by atomic mass is 16.5. The van der Waals surface area contributed by atoms with Crippen LogP contribution in [-0.2, 0) is 0 Å². The number of benzene rings is 1. The van der Waals surface area contributed by atoms with Crippen molar-refractivity contribution in [3.63, 3.8) is 0 Å². The van der Waals surface area contributed by atoms with E-state index in [9.17, 15) is 5.11 Å². The molecular formula is C17H26N2O2. The molecule has 1 aromatic carbocycles. The zero-order valence-electron chi connectivity index (χ0n) is 12.8. The van der Waals surface area contributed by atoms with E-state index in [0.29, 0.717) is 19.2 Å². The van der Waals surface area contributed by atoms with E-state index in [0.717, 1.165) is 23.8 Å². The van der Waals surface area contributed by atoms with Gasteiger partial charge in [0.15, 0.2) is 0 Å². The monoisotopic (exact) mass is 290 g/mol. The van der Waals surface area contributed by atoms with Gasteiger partial charge in [-0.25, -0.2) is 0 Å². The predicted molar refractivity (Wildman–Crippen MR) is 83.6 cm³/mol. The van der Waals surface area contributed by atoms with Crippen molar-refractivity contribution in [1.82, 2.24) is 10.2 Å². The fourth-order valence-corrected chi connectivity index (χ4v) is 3.45. The fraction of sp³-hybridized carbons (Fsp3) is 0.647. The Labute approximate surface area is 127 Å². The average molecular weight is 290 g/mol. The summed E-state index contributed by atoms with van der Waals surface area (Å²) < 4.78 is 5.70. The molecule has 2 bridgehead atoms. The van der Waals surface area contributed by atoms with Crippen LogP contribution in [-0.4, -0.2) is 54.9 Å². The lowest BCUT2D eigenvalue weighted by Gasteiger charge is -2.45. The SMILES string of the molecule is Cc1ccccc1OCC(O)CNC1CN2CCC1CC2. The van der Waals surface area contributed by atoms with Gasteiger partial charge in [0.1, 0.15) is 18.5 Å². The van der Waals surface area contributed by atoms with E-state index < -0.39 is 6.10 Å². The smallest absolute Gasteiger partial charge is 0.122 e.